The summed E-state index contributed by atoms with van der Waals surface area (Å²) in [6, 6.07) is 10.1. The maximum absolute atomic E-state index is 12.2. The van der Waals surface area contributed by atoms with E-state index in [-0.39, 0.29) is 24.1 Å². The van der Waals surface area contributed by atoms with E-state index in [4.69, 9.17) is 4.74 Å². The van der Waals surface area contributed by atoms with Gasteiger partial charge in [-0.25, -0.2) is 9.78 Å². The van der Waals surface area contributed by atoms with Crippen LogP contribution in [0.5, 0.6) is 0 Å². The van der Waals surface area contributed by atoms with Crippen LogP contribution >= 0.6 is 0 Å². The molecule has 1 unspecified atom stereocenters. The van der Waals surface area contributed by atoms with E-state index in [1.165, 1.54) is 0 Å². The van der Waals surface area contributed by atoms with Gasteiger partial charge in [0.2, 0.25) is 5.95 Å². The van der Waals surface area contributed by atoms with E-state index >= 15 is 0 Å². The SMILES string of the molecule is CC(Nc1nccc(N2C(=O)OC[C@@H]2C(C)C)n1)c1ccc2[nH]ccc2c1. The quantitative estimate of drug-likeness (QED) is 0.711. The average molecular weight is 365 g/mol. The Hall–Kier alpha value is -3.09. The van der Waals surface area contributed by atoms with Gasteiger partial charge in [-0.1, -0.05) is 19.9 Å². The number of H-pyrrole nitrogens is 1. The van der Waals surface area contributed by atoms with Crippen LogP contribution in [0.3, 0.4) is 0 Å². The topological polar surface area (TPSA) is 83.1 Å². The van der Waals surface area contributed by atoms with Crippen LogP contribution in [0, 0.1) is 5.92 Å². The molecule has 1 aliphatic rings. The molecule has 1 fully saturated rings. The Morgan fingerprint density at radius 3 is 2.93 bits per heavy atom. The minimum Gasteiger partial charge on any atom is -0.447 e. The lowest BCUT2D eigenvalue weighted by molar-refractivity contribution is 0.177. The van der Waals surface area contributed by atoms with Gasteiger partial charge in [-0.3, -0.25) is 4.90 Å². The van der Waals surface area contributed by atoms with E-state index in [9.17, 15) is 4.79 Å². The van der Waals surface area contributed by atoms with Crippen molar-refractivity contribution in [3.63, 3.8) is 0 Å². The van der Waals surface area contributed by atoms with Gasteiger partial charge in [-0.15, -0.1) is 0 Å². The van der Waals surface area contributed by atoms with Crippen LogP contribution < -0.4 is 10.2 Å². The number of carbonyl (C=O) groups excluding carboxylic acids is 1. The summed E-state index contributed by atoms with van der Waals surface area (Å²) in [5, 5.41) is 4.49. The van der Waals surface area contributed by atoms with Gasteiger partial charge in [0, 0.05) is 17.9 Å². The molecule has 27 heavy (non-hydrogen) atoms. The predicted molar refractivity (Wildman–Crippen MR) is 105 cm³/mol. The molecule has 3 aromatic rings. The van der Waals surface area contributed by atoms with Crippen LogP contribution in [0.4, 0.5) is 16.6 Å². The Balaban J connectivity index is 1.56. The zero-order valence-corrected chi connectivity index (χ0v) is 15.6. The number of rotatable bonds is 5. The molecular weight excluding hydrogens is 342 g/mol. The van der Waals surface area contributed by atoms with Crippen molar-refractivity contribution < 1.29 is 9.53 Å². The fourth-order valence-electron chi connectivity index (χ4n) is 3.36. The fraction of sp³-hybridized carbons (Fsp3) is 0.350. The van der Waals surface area contributed by atoms with Crippen molar-refractivity contribution in [2.75, 3.05) is 16.8 Å². The molecule has 2 atom stereocenters. The number of aromatic amines is 1. The Kier molecular flexibility index (Phi) is 4.43. The first-order valence-electron chi connectivity index (χ1n) is 9.15. The third kappa shape index (κ3) is 3.32. The summed E-state index contributed by atoms with van der Waals surface area (Å²) in [7, 11) is 0. The zero-order chi connectivity index (χ0) is 19.0. The van der Waals surface area contributed by atoms with Crippen molar-refractivity contribution in [1.82, 2.24) is 15.0 Å². The largest absolute Gasteiger partial charge is 0.447 e. The van der Waals surface area contributed by atoms with Gasteiger partial charge in [0.1, 0.15) is 12.4 Å². The van der Waals surface area contributed by atoms with Crippen LogP contribution in [0.1, 0.15) is 32.4 Å². The first-order chi connectivity index (χ1) is 13.0. The first kappa shape index (κ1) is 17.3. The smallest absolute Gasteiger partial charge is 0.415 e. The van der Waals surface area contributed by atoms with Gasteiger partial charge in [0.25, 0.3) is 0 Å². The molecule has 3 heterocycles. The number of nitrogens with one attached hydrogen (secondary N) is 2. The molecule has 2 aromatic heterocycles. The molecule has 0 spiro atoms. The molecule has 140 valence electrons. The Morgan fingerprint density at radius 1 is 1.26 bits per heavy atom. The van der Waals surface area contributed by atoms with Crippen LogP contribution in [-0.2, 0) is 4.74 Å². The van der Waals surface area contributed by atoms with E-state index < -0.39 is 0 Å². The Bertz CT molecular complexity index is 968. The van der Waals surface area contributed by atoms with Crippen LogP contribution in [0.25, 0.3) is 10.9 Å². The summed E-state index contributed by atoms with van der Waals surface area (Å²) in [5.41, 5.74) is 2.24. The number of amides is 1. The zero-order valence-electron chi connectivity index (χ0n) is 15.6. The van der Waals surface area contributed by atoms with Crippen molar-refractivity contribution in [2.24, 2.45) is 5.92 Å². The minimum atomic E-state index is -0.357. The number of anilines is 2. The number of hydrogen-bond donors (Lipinski definition) is 2. The minimum absolute atomic E-state index is 0.0194. The second-order valence-corrected chi connectivity index (χ2v) is 7.19. The number of fused-ring (bicyclic) bond motifs is 1. The van der Waals surface area contributed by atoms with Crippen LogP contribution in [-0.4, -0.2) is 33.7 Å². The second-order valence-electron chi connectivity index (χ2n) is 7.19. The molecule has 0 radical (unpaired) electrons. The van der Waals surface area contributed by atoms with E-state index in [2.05, 4.69) is 59.2 Å². The van der Waals surface area contributed by atoms with Crippen LogP contribution in [0.15, 0.2) is 42.7 Å². The number of cyclic esters (lactones) is 1. The van der Waals surface area contributed by atoms with Gasteiger partial charge >= 0.3 is 6.09 Å². The Morgan fingerprint density at radius 2 is 2.11 bits per heavy atom. The highest BCUT2D eigenvalue weighted by Gasteiger charge is 2.37. The van der Waals surface area contributed by atoms with E-state index in [1.54, 1.807) is 17.2 Å². The van der Waals surface area contributed by atoms with Crippen molar-refractivity contribution in [3.05, 3.63) is 48.3 Å². The molecule has 0 bridgehead atoms. The van der Waals surface area contributed by atoms with Crippen molar-refractivity contribution >= 4 is 28.8 Å². The van der Waals surface area contributed by atoms with Crippen molar-refractivity contribution in [3.8, 4) is 0 Å². The number of nitrogens with zero attached hydrogens (tertiary/aromatic N) is 3. The molecule has 1 saturated heterocycles. The van der Waals surface area contributed by atoms with Crippen molar-refractivity contribution in [2.45, 2.75) is 32.9 Å². The lowest BCUT2D eigenvalue weighted by Crippen LogP contribution is -2.37. The normalized spacial score (nSPS) is 18.1. The number of aromatic nitrogens is 3. The highest BCUT2D eigenvalue weighted by molar-refractivity contribution is 5.89. The average Bonchev–Trinajstić information content (AvgIpc) is 3.27. The van der Waals surface area contributed by atoms with Crippen molar-refractivity contribution in [1.29, 1.82) is 0 Å². The van der Waals surface area contributed by atoms with Gasteiger partial charge in [-0.2, -0.15) is 4.98 Å². The summed E-state index contributed by atoms with van der Waals surface area (Å²) >= 11 is 0. The van der Waals surface area contributed by atoms with Gasteiger partial charge in [0.05, 0.1) is 12.1 Å². The van der Waals surface area contributed by atoms with Gasteiger partial charge in [-0.05, 0) is 48.1 Å². The molecule has 0 aliphatic carbocycles. The summed E-state index contributed by atoms with van der Waals surface area (Å²) in [6.07, 6.45) is 3.24. The third-order valence-electron chi connectivity index (χ3n) is 4.99. The maximum Gasteiger partial charge on any atom is 0.415 e. The fourth-order valence-corrected chi connectivity index (χ4v) is 3.36. The molecule has 0 saturated carbocycles. The molecule has 1 amide bonds. The number of ether oxygens (including phenoxy) is 1. The predicted octanol–water partition coefficient (Wildman–Crippen LogP) is 4.11. The molecule has 1 aromatic carbocycles. The second kappa shape index (κ2) is 6.90. The molecule has 7 heteroatoms. The summed E-state index contributed by atoms with van der Waals surface area (Å²) in [4.78, 5) is 25.8. The Labute approximate surface area is 157 Å². The van der Waals surface area contributed by atoms with Crippen LogP contribution in [0.2, 0.25) is 0 Å². The van der Waals surface area contributed by atoms with E-state index in [0.717, 1.165) is 16.5 Å². The first-order valence-corrected chi connectivity index (χ1v) is 9.15. The third-order valence-corrected chi connectivity index (χ3v) is 4.99. The summed E-state index contributed by atoms with van der Waals surface area (Å²) in [6.45, 7) is 6.58. The summed E-state index contributed by atoms with van der Waals surface area (Å²) < 4.78 is 5.22. The van der Waals surface area contributed by atoms with Gasteiger partial charge < -0.3 is 15.0 Å². The monoisotopic (exact) mass is 365 g/mol. The molecule has 2 N–H and O–H groups in total. The lowest BCUT2D eigenvalue weighted by Gasteiger charge is -2.23. The lowest BCUT2D eigenvalue weighted by atomic mass is 10.0. The molecule has 4 rings (SSSR count). The molecule has 7 nitrogen and oxygen atoms in total. The highest BCUT2D eigenvalue weighted by atomic mass is 16.6. The summed E-state index contributed by atoms with van der Waals surface area (Å²) in [5.74, 6) is 1.31. The van der Waals surface area contributed by atoms with E-state index in [1.807, 2.05) is 12.3 Å². The van der Waals surface area contributed by atoms with E-state index in [0.29, 0.717) is 18.4 Å². The number of benzene rings is 1. The number of hydrogen-bond acceptors (Lipinski definition) is 5. The maximum atomic E-state index is 12.2. The molecule has 1 aliphatic heterocycles. The highest BCUT2D eigenvalue weighted by Crippen LogP contribution is 2.27. The standard InChI is InChI=1S/C20H23N5O2/c1-12(2)17-11-27-20(26)25(17)18-7-9-22-19(24-18)23-13(3)14-4-5-16-15(10-14)6-8-21-16/h4-10,12-13,17,21H,11H2,1-3H3,(H,22,23,24)/t13?,17-/m1/s1. The number of carbonyl (C=O) groups is 1. The van der Waals surface area contributed by atoms with Gasteiger partial charge in [0.15, 0.2) is 0 Å². The molecular formula is C20H23N5O2.